The van der Waals surface area contributed by atoms with E-state index < -0.39 is 0 Å². The Bertz CT molecular complexity index is 724. The van der Waals surface area contributed by atoms with E-state index in [-0.39, 0.29) is 11.4 Å². The second-order valence-electron chi connectivity index (χ2n) is 8.25. The molecular weight excluding hydrogens is 314 g/mol. The molecule has 2 aromatic heterocycles. The van der Waals surface area contributed by atoms with Crippen molar-refractivity contribution in [3.8, 4) is 0 Å². The van der Waals surface area contributed by atoms with Crippen molar-refractivity contribution in [2.45, 2.75) is 65.0 Å². The fraction of sp³-hybridized carbons (Fsp3) is 0.632. The van der Waals surface area contributed by atoms with Crippen LogP contribution in [0.25, 0.3) is 0 Å². The number of imidazole rings is 1. The van der Waals surface area contributed by atoms with E-state index in [9.17, 15) is 4.79 Å². The summed E-state index contributed by atoms with van der Waals surface area (Å²) in [5.41, 5.74) is 1.53. The fourth-order valence-corrected chi connectivity index (χ4v) is 3.48. The Kier molecular flexibility index (Phi) is 4.71. The number of aromatic nitrogens is 4. The zero-order valence-electron chi connectivity index (χ0n) is 15.9. The van der Waals surface area contributed by atoms with Gasteiger partial charge in [0.2, 0.25) is 0 Å². The molecule has 1 atom stereocenters. The van der Waals surface area contributed by atoms with Gasteiger partial charge in [-0.2, -0.15) is 5.10 Å². The van der Waals surface area contributed by atoms with Crippen molar-refractivity contribution in [2.75, 3.05) is 13.1 Å². The molecule has 136 valence electrons. The summed E-state index contributed by atoms with van der Waals surface area (Å²) in [5.74, 6) is 0.364. The summed E-state index contributed by atoms with van der Waals surface area (Å²) in [5, 5.41) is 4.67. The van der Waals surface area contributed by atoms with Crippen LogP contribution >= 0.6 is 0 Å². The molecule has 0 unspecified atom stereocenters. The van der Waals surface area contributed by atoms with Crippen LogP contribution in [0.1, 0.15) is 75.6 Å². The van der Waals surface area contributed by atoms with Crippen LogP contribution < -0.4 is 0 Å². The Morgan fingerprint density at radius 2 is 2.08 bits per heavy atom. The Morgan fingerprint density at radius 1 is 1.32 bits per heavy atom. The van der Waals surface area contributed by atoms with E-state index in [1.807, 2.05) is 28.2 Å². The minimum absolute atomic E-state index is 0.0368. The molecule has 1 saturated heterocycles. The average Bonchev–Trinajstić information content (AvgIpc) is 3.23. The number of hydrogen-bond donors (Lipinski definition) is 0. The van der Waals surface area contributed by atoms with E-state index in [1.54, 1.807) is 6.20 Å². The van der Waals surface area contributed by atoms with Gasteiger partial charge in [-0.15, -0.1) is 0 Å². The van der Waals surface area contributed by atoms with E-state index in [1.165, 1.54) is 0 Å². The average molecular weight is 343 g/mol. The highest BCUT2D eigenvalue weighted by molar-refractivity contribution is 5.92. The smallest absolute Gasteiger partial charge is 0.274 e. The summed E-state index contributed by atoms with van der Waals surface area (Å²) in [6.45, 7) is 12.2. The number of rotatable bonds is 3. The number of likely N-dealkylation sites (tertiary alicyclic amines) is 1. The normalized spacial score (nSPS) is 18.8. The molecular formula is C19H29N5O. The van der Waals surface area contributed by atoms with Gasteiger partial charge in [-0.05, 0) is 45.6 Å². The highest BCUT2D eigenvalue weighted by Gasteiger charge is 2.29. The van der Waals surface area contributed by atoms with Gasteiger partial charge in [0.1, 0.15) is 0 Å². The van der Waals surface area contributed by atoms with E-state index in [0.29, 0.717) is 24.2 Å². The highest BCUT2D eigenvalue weighted by Crippen LogP contribution is 2.26. The van der Waals surface area contributed by atoms with Crippen LogP contribution in [-0.4, -0.2) is 43.2 Å². The highest BCUT2D eigenvalue weighted by atomic mass is 16.2. The maximum Gasteiger partial charge on any atom is 0.274 e. The lowest BCUT2D eigenvalue weighted by atomic mass is 10.0. The van der Waals surface area contributed by atoms with Crippen molar-refractivity contribution in [1.29, 1.82) is 0 Å². The maximum absolute atomic E-state index is 13.1. The summed E-state index contributed by atoms with van der Waals surface area (Å²) < 4.78 is 4.11. The van der Waals surface area contributed by atoms with Crippen LogP contribution in [-0.2, 0) is 5.54 Å². The Hall–Kier alpha value is -2.11. The van der Waals surface area contributed by atoms with Crippen LogP contribution in [0.15, 0.2) is 24.8 Å². The summed E-state index contributed by atoms with van der Waals surface area (Å²) >= 11 is 0. The van der Waals surface area contributed by atoms with Gasteiger partial charge in [-0.1, -0.05) is 13.8 Å². The van der Waals surface area contributed by atoms with E-state index in [2.05, 4.69) is 49.3 Å². The number of amides is 1. The van der Waals surface area contributed by atoms with Crippen molar-refractivity contribution in [3.05, 3.63) is 36.2 Å². The van der Waals surface area contributed by atoms with Gasteiger partial charge in [0, 0.05) is 31.2 Å². The molecule has 1 aliphatic heterocycles. The third-order valence-corrected chi connectivity index (χ3v) is 4.81. The monoisotopic (exact) mass is 343 g/mol. The lowest BCUT2D eigenvalue weighted by Gasteiger charge is -2.33. The molecule has 0 spiro atoms. The minimum Gasteiger partial charge on any atom is -0.335 e. The first-order chi connectivity index (χ1) is 11.8. The molecule has 6 nitrogen and oxygen atoms in total. The van der Waals surface area contributed by atoms with Crippen molar-refractivity contribution in [3.63, 3.8) is 0 Å². The third-order valence-electron chi connectivity index (χ3n) is 4.81. The molecule has 2 aromatic rings. The number of hydrogen-bond acceptors (Lipinski definition) is 3. The maximum atomic E-state index is 13.1. The van der Waals surface area contributed by atoms with Gasteiger partial charge in [-0.3, -0.25) is 9.48 Å². The molecule has 1 fully saturated rings. The molecule has 25 heavy (non-hydrogen) atoms. The van der Waals surface area contributed by atoms with Crippen molar-refractivity contribution < 1.29 is 4.79 Å². The lowest BCUT2D eigenvalue weighted by molar-refractivity contribution is 0.0671. The molecule has 1 amide bonds. The Labute approximate surface area is 149 Å². The zero-order chi connectivity index (χ0) is 18.2. The Balaban J connectivity index is 1.83. The molecule has 0 aromatic carbocycles. The molecule has 0 aliphatic carbocycles. The molecule has 3 rings (SSSR count). The number of carbonyl (C=O) groups excluding carboxylic acids is 1. The molecule has 0 radical (unpaired) electrons. The molecule has 1 aliphatic rings. The zero-order valence-corrected chi connectivity index (χ0v) is 15.9. The Morgan fingerprint density at radius 3 is 2.64 bits per heavy atom. The first-order valence-corrected chi connectivity index (χ1v) is 9.14. The fourth-order valence-electron chi connectivity index (χ4n) is 3.48. The SMILES string of the molecule is CC(C)c1cc(C(=O)N2CCC[C@H](n3ccnc3)C2)nn1C(C)(C)C. The van der Waals surface area contributed by atoms with Gasteiger partial charge in [-0.25, -0.2) is 4.98 Å². The first-order valence-electron chi connectivity index (χ1n) is 9.14. The second kappa shape index (κ2) is 6.65. The third kappa shape index (κ3) is 3.62. The van der Waals surface area contributed by atoms with Crippen molar-refractivity contribution >= 4 is 5.91 Å². The van der Waals surface area contributed by atoms with E-state index in [4.69, 9.17) is 0 Å². The van der Waals surface area contributed by atoms with Crippen LogP contribution in [0.4, 0.5) is 0 Å². The summed E-state index contributed by atoms with van der Waals surface area (Å²) in [7, 11) is 0. The lowest BCUT2D eigenvalue weighted by Crippen LogP contribution is -2.40. The standard InChI is InChI=1S/C19H29N5O/c1-14(2)17-11-16(21-24(17)19(3,4)5)18(25)22-9-6-7-15(12-22)23-10-8-20-13-23/h8,10-11,13-15H,6-7,9,12H2,1-5H3/t15-/m0/s1. The minimum atomic E-state index is -0.140. The van der Waals surface area contributed by atoms with Gasteiger partial charge >= 0.3 is 0 Å². The largest absolute Gasteiger partial charge is 0.335 e. The number of piperidine rings is 1. The van der Waals surface area contributed by atoms with Gasteiger partial charge in [0.05, 0.1) is 17.9 Å². The summed E-state index contributed by atoms with van der Waals surface area (Å²) in [4.78, 5) is 19.1. The molecule has 6 heteroatoms. The van der Waals surface area contributed by atoms with Gasteiger partial charge in [0.15, 0.2) is 5.69 Å². The van der Waals surface area contributed by atoms with Gasteiger partial charge in [0.25, 0.3) is 5.91 Å². The molecule has 0 saturated carbocycles. The molecule has 3 heterocycles. The number of carbonyl (C=O) groups is 1. The van der Waals surface area contributed by atoms with E-state index in [0.717, 1.165) is 25.1 Å². The van der Waals surface area contributed by atoms with Crippen LogP contribution in [0, 0.1) is 0 Å². The predicted octanol–water partition coefficient (Wildman–Crippen LogP) is 3.44. The second-order valence-corrected chi connectivity index (χ2v) is 8.25. The number of nitrogens with zero attached hydrogens (tertiary/aromatic N) is 5. The first kappa shape index (κ1) is 17.7. The van der Waals surface area contributed by atoms with Crippen LogP contribution in [0.3, 0.4) is 0 Å². The predicted molar refractivity (Wildman–Crippen MR) is 97.7 cm³/mol. The van der Waals surface area contributed by atoms with Crippen LogP contribution in [0.5, 0.6) is 0 Å². The van der Waals surface area contributed by atoms with Crippen molar-refractivity contribution in [1.82, 2.24) is 24.2 Å². The van der Waals surface area contributed by atoms with Gasteiger partial charge < -0.3 is 9.47 Å². The molecule has 0 bridgehead atoms. The molecule has 0 N–H and O–H groups in total. The summed E-state index contributed by atoms with van der Waals surface area (Å²) in [6, 6.07) is 2.27. The van der Waals surface area contributed by atoms with Crippen molar-refractivity contribution in [2.24, 2.45) is 0 Å². The topological polar surface area (TPSA) is 56.0 Å². The van der Waals surface area contributed by atoms with Crippen LogP contribution in [0.2, 0.25) is 0 Å². The summed E-state index contributed by atoms with van der Waals surface area (Å²) in [6.07, 6.45) is 7.69. The quantitative estimate of drug-likeness (QED) is 0.858. The van der Waals surface area contributed by atoms with E-state index >= 15 is 0 Å².